The zero-order valence-electron chi connectivity index (χ0n) is 26.3. The highest BCUT2D eigenvalue weighted by Crippen LogP contribution is 2.66. The minimum atomic E-state index is -1.52. The summed E-state index contributed by atoms with van der Waals surface area (Å²) in [4.78, 5) is 61.0. The van der Waals surface area contributed by atoms with Crippen molar-refractivity contribution < 1.29 is 29.0 Å². The molecule has 1 N–H and O–H groups in total. The molecule has 2 aliphatic carbocycles. The highest BCUT2D eigenvalue weighted by Gasteiger charge is 2.70. The Morgan fingerprint density at radius 2 is 1.51 bits per heavy atom. The van der Waals surface area contributed by atoms with Gasteiger partial charge in [-0.3, -0.25) is 24.1 Å². The normalized spacial score (nSPS) is 27.5. The van der Waals surface area contributed by atoms with Crippen molar-refractivity contribution in [1.82, 2.24) is 0 Å². The number of nitrogens with zero attached hydrogens (tertiary/aromatic N) is 2. The molecule has 10 heteroatoms. The van der Waals surface area contributed by atoms with Crippen molar-refractivity contribution in [3.63, 3.8) is 0 Å². The number of rotatable bonds is 5. The van der Waals surface area contributed by atoms with E-state index < -0.39 is 46.8 Å². The van der Waals surface area contributed by atoms with Crippen LogP contribution in [0.4, 0.5) is 11.4 Å². The summed E-state index contributed by atoms with van der Waals surface area (Å²) < 4.78 is 6.17. The second kappa shape index (κ2) is 11.7. The Morgan fingerprint density at radius 3 is 2.20 bits per heavy atom. The van der Waals surface area contributed by atoms with Crippen LogP contribution in [0.2, 0.25) is 5.02 Å². The first-order chi connectivity index (χ1) is 23.7. The number of ether oxygens (including phenoxy) is 1. The van der Waals surface area contributed by atoms with Crippen LogP contribution in [0.15, 0.2) is 113 Å². The van der Waals surface area contributed by atoms with E-state index in [9.17, 15) is 19.5 Å². The van der Waals surface area contributed by atoms with Crippen LogP contribution in [0.25, 0.3) is 0 Å². The third-order valence-corrected chi connectivity index (χ3v) is 11.5. The van der Waals surface area contributed by atoms with Gasteiger partial charge in [0.25, 0.3) is 0 Å². The fraction of sp³-hybridized carbons (Fsp3) is 0.231. The van der Waals surface area contributed by atoms with E-state index in [2.05, 4.69) is 15.9 Å². The third kappa shape index (κ3) is 4.48. The van der Waals surface area contributed by atoms with E-state index in [0.717, 1.165) is 5.57 Å². The molecule has 0 aromatic heterocycles. The predicted octanol–water partition coefficient (Wildman–Crippen LogP) is 7.18. The van der Waals surface area contributed by atoms with Gasteiger partial charge in [0.05, 0.1) is 41.7 Å². The molecular weight excluding hydrogens is 708 g/mol. The molecule has 8 rings (SSSR count). The quantitative estimate of drug-likeness (QED) is 0.172. The first-order valence-electron chi connectivity index (χ1n) is 16.1. The molecule has 3 fully saturated rings. The average molecular weight is 738 g/mol. The lowest BCUT2D eigenvalue weighted by Crippen LogP contribution is -2.53. The van der Waals surface area contributed by atoms with Gasteiger partial charge >= 0.3 is 0 Å². The molecule has 0 bridgehead atoms. The maximum atomic E-state index is 15.4. The van der Waals surface area contributed by atoms with Crippen molar-refractivity contribution in [2.24, 2.45) is 23.7 Å². The number of hydrogen-bond acceptors (Lipinski definition) is 6. The number of phenols is 1. The van der Waals surface area contributed by atoms with Gasteiger partial charge in [-0.1, -0.05) is 93.8 Å². The number of imide groups is 2. The van der Waals surface area contributed by atoms with Crippen molar-refractivity contribution in [3.8, 4) is 11.5 Å². The van der Waals surface area contributed by atoms with Gasteiger partial charge < -0.3 is 9.84 Å². The summed E-state index contributed by atoms with van der Waals surface area (Å²) in [6.07, 6.45) is 2.37. The van der Waals surface area contributed by atoms with Crippen LogP contribution < -0.4 is 14.5 Å². The van der Waals surface area contributed by atoms with Crippen molar-refractivity contribution in [3.05, 3.63) is 129 Å². The number of fused-ring (bicyclic) bond motifs is 4. The van der Waals surface area contributed by atoms with Gasteiger partial charge in [0.1, 0.15) is 0 Å². The fourth-order valence-electron chi connectivity index (χ4n) is 8.89. The van der Waals surface area contributed by atoms with E-state index in [1.54, 1.807) is 60.7 Å². The van der Waals surface area contributed by atoms with E-state index in [1.165, 1.54) is 16.9 Å². The summed E-state index contributed by atoms with van der Waals surface area (Å²) in [5, 5.41) is 12.2. The van der Waals surface area contributed by atoms with Crippen molar-refractivity contribution in [2.45, 2.75) is 24.2 Å². The van der Waals surface area contributed by atoms with Crippen LogP contribution in [0.3, 0.4) is 0 Å². The molecule has 4 aromatic carbocycles. The number of allylic oxidation sites excluding steroid dienone is 2. The number of para-hydroxylation sites is 1. The second-order valence-electron chi connectivity index (χ2n) is 13.0. The summed E-state index contributed by atoms with van der Waals surface area (Å²) >= 11 is 9.97. The van der Waals surface area contributed by atoms with Crippen LogP contribution >= 0.6 is 27.5 Å². The molecule has 0 unspecified atom stereocenters. The molecule has 4 amide bonds. The molecular formula is C39H30BrClN2O6. The Hall–Kier alpha value is -4.73. The van der Waals surface area contributed by atoms with E-state index in [4.69, 9.17) is 16.3 Å². The number of halogens is 2. The lowest BCUT2D eigenvalue weighted by molar-refractivity contribution is -0.127. The van der Waals surface area contributed by atoms with Crippen LogP contribution in [-0.2, 0) is 24.6 Å². The molecule has 1 saturated carbocycles. The maximum Gasteiger partial charge on any atom is 0.246 e. The predicted molar refractivity (Wildman–Crippen MR) is 187 cm³/mol. The number of benzene rings is 4. The van der Waals surface area contributed by atoms with Gasteiger partial charge in [0.15, 0.2) is 11.5 Å². The minimum absolute atomic E-state index is 0.146. The first-order valence-corrected chi connectivity index (χ1v) is 17.2. The van der Waals surface area contributed by atoms with E-state index in [1.807, 2.05) is 42.5 Å². The maximum absolute atomic E-state index is 15.4. The topological polar surface area (TPSA) is 104 Å². The van der Waals surface area contributed by atoms with Gasteiger partial charge in [0, 0.05) is 21.0 Å². The molecule has 6 atom stereocenters. The number of carbonyl (C=O) groups is 4. The molecule has 4 aromatic rings. The molecule has 246 valence electrons. The van der Waals surface area contributed by atoms with Gasteiger partial charge in [-0.25, -0.2) is 4.90 Å². The number of amides is 4. The number of aromatic hydroxyl groups is 1. The van der Waals surface area contributed by atoms with Crippen LogP contribution in [-0.4, -0.2) is 35.8 Å². The zero-order valence-corrected chi connectivity index (χ0v) is 28.6. The summed E-state index contributed by atoms with van der Waals surface area (Å²) in [5.41, 5.74) is 1.02. The van der Waals surface area contributed by atoms with E-state index in [0.29, 0.717) is 32.0 Å². The highest BCUT2D eigenvalue weighted by atomic mass is 79.9. The molecule has 2 heterocycles. The molecule has 8 nitrogen and oxygen atoms in total. The fourth-order valence-corrected chi connectivity index (χ4v) is 9.53. The number of methoxy groups -OCH3 is 1. The van der Waals surface area contributed by atoms with Gasteiger partial charge in [-0.05, 0) is 66.8 Å². The second-order valence-corrected chi connectivity index (χ2v) is 14.3. The highest BCUT2D eigenvalue weighted by molar-refractivity contribution is 9.10. The number of carbonyl (C=O) groups excluding carboxylic acids is 4. The summed E-state index contributed by atoms with van der Waals surface area (Å²) in [6, 6.07) is 28.0. The van der Waals surface area contributed by atoms with E-state index in [-0.39, 0.29) is 36.2 Å². The Labute approximate surface area is 296 Å². The average Bonchev–Trinajstić information content (AvgIpc) is 3.50. The van der Waals surface area contributed by atoms with Gasteiger partial charge in [-0.2, -0.15) is 0 Å². The molecule has 4 aliphatic rings. The molecule has 0 radical (unpaired) electrons. The van der Waals surface area contributed by atoms with Crippen molar-refractivity contribution in [2.75, 3.05) is 16.9 Å². The van der Waals surface area contributed by atoms with Crippen molar-refractivity contribution >= 4 is 62.5 Å². The van der Waals surface area contributed by atoms with Crippen molar-refractivity contribution in [1.29, 1.82) is 0 Å². The smallest absolute Gasteiger partial charge is 0.246 e. The molecule has 2 saturated heterocycles. The summed E-state index contributed by atoms with van der Waals surface area (Å²) in [5.74, 6) is -5.31. The Morgan fingerprint density at radius 1 is 0.816 bits per heavy atom. The summed E-state index contributed by atoms with van der Waals surface area (Å²) in [6.45, 7) is 0. The molecule has 49 heavy (non-hydrogen) atoms. The standard InChI is InChI=1S/C39H30BrClN2O6/c1-49-31-18-22(40)17-29(34(31)44)33-26-15-16-27-32(37(47)42(35(27)45)24-12-6-3-7-13-24)28(26)20-30-36(46)43(25-14-8-11-23(41)19-25)38(48)39(30,33)21-9-4-2-5-10-21/h2-15,17-19,27-28,30,32-33,44H,16,20H2,1H3/t27-,28+,30-,32-,33+,39+/m0/s1. The Balaban J connectivity index is 1.39. The lowest BCUT2D eigenvalue weighted by Gasteiger charge is -2.50. The summed E-state index contributed by atoms with van der Waals surface area (Å²) in [7, 11) is 1.45. The first kappa shape index (κ1) is 31.5. The molecule has 2 aliphatic heterocycles. The SMILES string of the molecule is COc1cc(Br)cc([C@H]2C3=CC[C@@H]4C(=O)N(c5ccccc5)C(=O)[C@@H]4[C@@H]3C[C@H]3C(=O)N(c4cccc(Cl)c4)C(=O)[C@@]23c2ccccc2)c1O. The Kier molecular flexibility index (Phi) is 7.53. The minimum Gasteiger partial charge on any atom is -0.504 e. The number of phenolic OH excluding ortho intramolecular Hbond substituents is 1. The number of anilines is 2. The monoisotopic (exact) mass is 736 g/mol. The van der Waals surface area contributed by atoms with Crippen LogP contribution in [0.1, 0.15) is 29.9 Å². The molecule has 0 spiro atoms. The van der Waals surface area contributed by atoms with Gasteiger partial charge in [0.2, 0.25) is 23.6 Å². The van der Waals surface area contributed by atoms with Gasteiger partial charge in [-0.15, -0.1) is 0 Å². The third-order valence-electron chi connectivity index (χ3n) is 10.8. The van der Waals surface area contributed by atoms with Crippen LogP contribution in [0.5, 0.6) is 11.5 Å². The number of hydrogen-bond donors (Lipinski definition) is 1. The van der Waals surface area contributed by atoms with Crippen LogP contribution in [0, 0.1) is 23.7 Å². The zero-order chi connectivity index (χ0) is 34.2. The van der Waals surface area contributed by atoms with E-state index >= 15 is 4.79 Å². The Bertz CT molecular complexity index is 2090. The largest absolute Gasteiger partial charge is 0.504 e. The lowest BCUT2D eigenvalue weighted by atomic mass is 9.49.